The van der Waals surface area contributed by atoms with Crippen molar-refractivity contribution >= 4 is 11.3 Å². The molecule has 0 radical (unpaired) electrons. The second-order valence-corrected chi connectivity index (χ2v) is 4.88. The van der Waals surface area contributed by atoms with E-state index in [1.807, 2.05) is 6.92 Å². The Morgan fingerprint density at radius 2 is 2.29 bits per heavy atom. The summed E-state index contributed by atoms with van der Waals surface area (Å²) in [6, 6.07) is 0.227. The third kappa shape index (κ3) is 3.57. The Morgan fingerprint density at radius 1 is 1.41 bits per heavy atom. The van der Waals surface area contributed by atoms with Crippen LogP contribution in [-0.2, 0) is 6.42 Å². The highest BCUT2D eigenvalue weighted by atomic mass is 32.1. The zero-order valence-electron chi connectivity index (χ0n) is 10.1. The number of nitrogens with zero attached hydrogens (tertiary/aromatic N) is 3. The highest BCUT2D eigenvalue weighted by Crippen LogP contribution is 2.10. The van der Waals surface area contributed by atoms with Gasteiger partial charge >= 0.3 is 0 Å². The van der Waals surface area contributed by atoms with Crippen molar-refractivity contribution in [2.45, 2.75) is 26.3 Å². The van der Waals surface area contributed by atoms with Gasteiger partial charge in [-0.3, -0.25) is 9.97 Å². The van der Waals surface area contributed by atoms with E-state index in [-0.39, 0.29) is 6.04 Å². The van der Waals surface area contributed by atoms with E-state index in [4.69, 9.17) is 0 Å². The second kappa shape index (κ2) is 5.84. The number of thiazole rings is 1. The van der Waals surface area contributed by atoms with Gasteiger partial charge in [0.25, 0.3) is 0 Å². The lowest BCUT2D eigenvalue weighted by Crippen LogP contribution is -2.22. The molecule has 0 saturated heterocycles. The lowest BCUT2D eigenvalue weighted by molar-refractivity contribution is 0.561. The van der Waals surface area contributed by atoms with Crippen LogP contribution in [0.5, 0.6) is 0 Å². The summed E-state index contributed by atoms with van der Waals surface area (Å²) < 4.78 is 0. The first kappa shape index (κ1) is 12.1. The van der Waals surface area contributed by atoms with Crippen molar-refractivity contribution in [3.63, 3.8) is 0 Å². The third-order valence-electron chi connectivity index (χ3n) is 2.48. The zero-order chi connectivity index (χ0) is 12.1. The Morgan fingerprint density at radius 3 is 2.94 bits per heavy atom. The van der Waals surface area contributed by atoms with E-state index in [0.29, 0.717) is 0 Å². The number of aromatic nitrogens is 3. The summed E-state index contributed by atoms with van der Waals surface area (Å²) in [6.07, 6.45) is 6.17. The van der Waals surface area contributed by atoms with Gasteiger partial charge < -0.3 is 5.32 Å². The first-order valence-electron chi connectivity index (χ1n) is 5.66. The fourth-order valence-corrected chi connectivity index (χ4v) is 2.33. The molecule has 5 heteroatoms. The molecule has 17 heavy (non-hydrogen) atoms. The molecule has 2 aromatic rings. The van der Waals surface area contributed by atoms with Gasteiger partial charge in [0.2, 0.25) is 0 Å². The SMILES string of the molecule is Cc1csc(CCNC(C)c2cnccn2)n1. The Balaban J connectivity index is 1.79. The zero-order valence-corrected chi connectivity index (χ0v) is 10.9. The molecule has 0 spiro atoms. The van der Waals surface area contributed by atoms with E-state index < -0.39 is 0 Å². The Labute approximate surface area is 105 Å². The predicted octanol–water partition coefficient (Wildman–Crippen LogP) is 2.13. The molecule has 2 aromatic heterocycles. The standard InChI is InChI=1S/C12H16N4S/c1-9-8-17-12(16-9)3-4-14-10(2)11-7-13-5-6-15-11/h5-8,10,14H,3-4H2,1-2H3. The molecule has 0 aliphatic carbocycles. The monoisotopic (exact) mass is 248 g/mol. The molecule has 90 valence electrons. The van der Waals surface area contributed by atoms with Gasteiger partial charge in [0, 0.05) is 48.7 Å². The van der Waals surface area contributed by atoms with Crippen LogP contribution in [0.2, 0.25) is 0 Å². The van der Waals surface area contributed by atoms with Crippen LogP contribution in [0.15, 0.2) is 24.0 Å². The molecule has 0 bridgehead atoms. The maximum Gasteiger partial charge on any atom is 0.0940 e. The molecule has 4 nitrogen and oxygen atoms in total. The van der Waals surface area contributed by atoms with E-state index in [1.54, 1.807) is 29.9 Å². The minimum absolute atomic E-state index is 0.227. The molecular formula is C12H16N4S. The van der Waals surface area contributed by atoms with Crippen molar-refractivity contribution in [3.05, 3.63) is 40.4 Å². The van der Waals surface area contributed by atoms with E-state index >= 15 is 0 Å². The van der Waals surface area contributed by atoms with Crippen LogP contribution in [0.25, 0.3) is 0 Å². The number of hydrogen-bond acceptors (Lipinski definition) is 5. The predicted molar refractivity (Wildman–Crippen MR) is 69.0 cm³/mol. The smallest absolute Gasteiger partial charge is 0.0940 e. The number of rotatable bonds is 5. The van der Waals surface area contributed by atoms with Crippen LogP contribution in [0.3, 0.4) is 0 Å². The van der Waals surface area contributed by atoms with Crippen LogP contribution in [-0.4, -0.2) is 21.5 Å². The second-order valence-electron chi connectivity index (χ2n) is 3.94. The summed E-state index contributed by atoms with van der Waals surface area (Å²) in [7, 11) is 0. The van der Waals surface area contributed by atoms with Gasteiger partial charge in [0.15, 0.2) is 0 Å². The van der Waals surface area contributed by atoms with E-state index in [0.717, 1.165) is 24.4 Å². The largest absolute Gasteiger partial charge is 0.308 e. The van der Waals surface area contributed by atoms with Gasteiger partial charge in [-0.1, -0.05) is 0 Å². The summed E-state index contributed by atoms with van der Waals surface area (Å²) in [5, 5.41) is 6.69. The van der Waals surface area contributed by atoms with Crippen molar-refractivity contribution in [2.24, 2.45) is 0 Å². The van der Waals surface area contributed by atoms with Crippen molar-refractivity contribution < 1.29 is 0 Å². The van der Waals surface area contributed by atoms with Gasteiger partial charge in [-0.05, 0) is 13.8 Å². The maximum atomic E-state index is 4.43. The van der Waals surface area contributed by atoms with Gasteiger partial charge in [-0.2, -0.15) is 0 Å². The summed E-state index contributed by atoms with van der Waals surface area (Å²) >= 11 is 1.72. The molecule has 0 aliphatic rings. The quantitative estimate of drug-likeness (QED) is 0.880. The third-order valence-corrected chi connectivity index (χ3v) is 3.51. The van der Waals surface area contributed by atoms with E-state index in [2.05, 4.69) is 32.6 Å². The summed E-state index contributed by atoms with van der Waals surface area (Å²) in [5.41, 5.74) is 2.08. The average Bonchev–Trinajstić information content (AvgIpc) is 2.76. The minimum Gasteiger partial charge on any atom is -0.308 e. The lowest BCUT2D eigenvalue weighted by atomic mass is 10.2. The van der Waals surface area contributed by atoms with E-state index in [1.165, 1.54) is 5.01 Å². The number of hydrogen-bond donors (Lipinski definition) is 1. The molecule has 0 fully saturated rings. The van der Waals surface area contributed by atoms with Gasteiger partial charge in [0.05, 0.1) is 10.7 Å². The van der Waals surface area contributed by atoms with Crippen LogP contribution < -0.4 is 5.32 Å². The molecule has 2 heterocycles. The number of aryl methyl sites for hydroxylation is 1. The summed E-state index contributed by atoms with van der Waals surface area (Å²) in [5.74, 6) is 0. The van der Waals surface area contributed by atoms with Crippen LogP contribution >= 0.6 is 11.3 Å². The van der Waals surface area contributed by atoms with Crippen molar-refractivity contribution in [3.8, 4) is 0 Å². The molecule has 0 aromatic carbocycles. The Bertz CT molecular complexity index is 455. The first-order valence-corrected chi connectivity index (χ1v) is 6.54. The van der Waals surface area contributed by atoms with E-state index in [9.17, 15) is 0 Å². The first-order chi connectivity index (χ1) is 8.25. The molecule has 2 rings (SSSR count). The molecular weight excluding hydrogens is 232 g/mol. The molecule has 0 aliphatic heterocycles. The van der Waals surface area contributed by atoms with Crippen LogP contribution in [0, 0.1) is 6.92 Å². The van der Waals surface area contributed by atoms with Crippen molar-refractivity contribution in [2.75, 3.05) is 6.54 Å². The summed E-state index contributed by atoms with van der Waals surface area (Å²) in [4.78, 5) is 12.8. The lowest BCUT2D eigenvalue weighted by Gasteiger charge is -2.11. The highest BCUT2D eigenvalue weighted by Gasteiger charge is 2.06. The molecule has 1 N–H and O–H groups in total. The topological polar surface area (TPSA) is 50.7 Å². The van der Waals surface area contributed by atoms with Crippen LogP contribution in [0.4, 0.5) is 0 Å². The maximum absolute atomic E-state index is 4.43. The Kier molecular flexibility index (Phi) is 4.17. The normalized spacial score (nSPS) is 12.6. The molecule has 1 unspecified atom stereocenters. The fourth-order valence-electron chi connectivity index (χ4n) is 1.55. The molecule has 0 saturated carbocycles. The minimum atomic E-state index is 0.227. The fraction of sp³-hybridized carbons (Fsp3) is 0.417. The highest BCUT2D eigenvalue weighted by molar-refractivity contribution is 7.09. The van der Waals surface area contributed by atoms with Gasteiger partial charge in [0.1, 0.15) is 0 Å². The molecule has 1 atom stereocenters. The van der Waals surface area contributed by atoms with Crippen molar-refractivity contribution in [1.82, 2.24) is 20.3 Å². The Hall–Kier alpha value is -1.33. The van der Waals surface area contributed by atoms with Crippen LogP contribution in [0.1, 0.15) is 29.4 Å². The van der Waals surface area contributed by atoms with Gasteiger partial charge in [-0.25, -0.2) is 4.98 Å². The average molecular weight is 248 g/mol. The van der Waals surface area contributed by atoms with Gasteiger partial charge in [-0.15, -0.1) is 11.3 Å². The molecule has 0 amide bonds. The van der Waals surface area contributed by atoms with Crippen molar-refractivity contribution in [1.29, 1.82) is 0 Å². The summed E-state index contributed by atoms with van der Waals surface area (Å²) in [6.45, 7) is 5.03. The number of nitrogens with one attached hydrogen (secondary N) is 1.